The third-order valence-electron chi connectivity index (χ3n) is 4.66. The van der Waals surface area contributed by atoms with E-state index in [0.29, 0.717) is 5.57 Å². The first-order valence-electron chi connectivity index (χ1n) is 7.43. The van der Waals surface area contributed by atoms with Crippen molar-refractivity contribution in [2.24, 2.45) is 0 Å². The van der Waals surface area contributed by atoms with E-state index in [9.17, 15) is 17.6 Å². The van der Waals surface area contributed by atoms with E-state index in [1.54, 1.807) is 0 Å². The minimum atomic E-state index is -4.22. The molecule has 8 heteroatoms. The molecule has 0 saturated carbocycles. The fourth-order valence-electron chi connectivity index (χ4n) is 2.59. The van der Waals surface area contributed by atoms with Gasteiger partial charge in [-0.1, -0.05) is 0 Å². The molecule has 0 aromatic heterocycles. The highest BCUT2D eigenvalue weighted by Gasteiger charge is 2.53. The van der Waals surface area contributed by atoms with Crippen LogP contribution in [0, 0.1) is 0 Å². The SMILES string of the molecule is CC1(C)OB(C(F)=C2CCN(CC(F)(F)F)CC2)OC1(C)C. The summed E-state index contributed by atoms with van der Waals surface area (Å²) < 4.78 is 62.8. The quantitative estimate of drug-likeness (QED) is 0.573. The number of likely N-dealkylation sites (tertiary alicyclic amines) is 1. The third kappa shape index (κ3) is 3.83. The van der Waals surface area contributed by atoms with Crippen LogP contribution in [0.25, 0.3) is 0 Å². The molecule has 2 heterocycles. The summed E-state index contributed by atoms with van der Waals surface area (Å²) in [6, 6.07) is 0. The summed E-state index contributed by atoms with van der Waals surface area (Å²) in [5.74, 6) is 0. The number of rotatable bonds is 2. The zero-order valence-corrected chi connectivity index (χ0v) is 13.4. The third-order valence-corrected chi connectivity index (χ3v) is 4.66. The zero-order valence-electron chi connectivity index (χ0n) is 13.4. The maximum Gasteiger partial charge on any atom is 0.525 e. The van der Waals surface area contributed by atoms with E-state index in [0.717, 1.165) is 0 Å². The van der Waals surface area contributed by atoms with Crippen LogP contribution in [0.1, 0.15) is 40.5 Å². The molecule has 0 spiro atoms. The number of hydrogen-bond donors (Lipinski definition) is 0. The summed E-state index contributed by atoms with van der Waals surface area (Å²) in [6.07, 6.45) is -3.68. The molecule has 2 aliphatic rings. The number of halogens is 4. The standard InChI is InChI=1S/C14H22BF4NO2/c1-12(2)13(3,4)22-15(21-12)11(16)10-5-7-20(8-6-10)9-14(17,18)19/h5-9H2,1-4H3. The Labute approximate surface area is 128 Å². The van der Waals surface area contributed by atoms with Crippen molar-refractivity contribution in [3.05, 3.63) is 11.3 Å². The van der Waals surface area contributed by atoms with Crippen molar-refractivity contribution in [1.29, 1.82) is 0 Å². The minimum Gasteiger partial charge on any atom is -0.398 e. The Bertz CT molecular complexity index is 436. The summed E-state index contributed by atoms with van der Waals surface area (Å²) in [4.78, 5) is 1.29. The molecular formula is C14H22BF4NO2. The lowest BCUT2D eigenvalue weighted by Crippen LogP contribution is -2.41. The topological polar surface area (TPSA) is 21.7 Å². The van der Waals surface area contributed by atoms with Crippen LogP contribution in [0.4, 0.5) is 17.6 Å². The molecule has 0 unspecified atom stereocenters. The highest BCUT2D eigenvalue weighted by atomic mass is 19.4. The van der Waals surface area contributed by atoms with Gasteiger partial charge in [-0.05, 0) is 46.1 Å². The molecule has 0 aliphatic carbocycles. The summed E-state index contributed by atoms with van der Waals surface area (Å²) in [7, 11) is -1.06. The van der Waals surface area contributed by atoms with Crippen molar-refractivity contribution < 1.29 is 26.9 Å². The van der Waals surface area contributed by atoms with Crippen LogP contribution in [-0.4, -0.2) is 49.0 Å². The second-order valence-electron chi connectivity index (χ2n) is 6.93. The summed E-state index contributed by atoms with van der Waals surface area (Å²) in [5, 5.41) is 0. The van der Waals surface area contributed by atoms with Crippen molar-refractivity contribution in [2.75, 3.05) is 19.6 Å². The number of piperidine rings is 1. The van der Waals surface area contributed by atoms with Gasteiger partial charge in [0.05, 0.1) is 17.7 Å². The second kappa shape index (κ2) is 5.80. The molecule has 0 N–H and O–H groups in total. The predicted molar refractivity (Wildman–Crippen MR) is 75.9 cm³/mol. The second-order valence-corrected chi connectivity index (χ2v) is 6.93. The molecule has 0 aromatic carbocycles. The van der Waals surface area contributed by atoms with E-state index in [1.165, 1.54) is 4.90 Å². The molecule has 2 saturated heterocycles. The summed E-state index contributed by atoms with van der Waals surface area (Å²) in [5.41, 5.74) is -1.25. The largest absolute Gasteiger partial charge is 0.525 e. The maximum atomic E-state index is 14.5. The molecule has 0 bridgehead atoms. The highest BCUT2D eigenvalue weighted by Crippen LogP contribution is 2.40. The molecule has 2 aliphatic heterocycles. The van der Waals surface area contributed by atoms with E-state index < -0.39 is 36.8 Å². The van der Waals surface area contributed by atoms with Gasteiger partial charge in [-0.3, -0.25) is 4.90 Å². The lowest BCUT2D eigenvalue weighted by molar-refractivity contribution is -0.146. The van der Waals surface area contributed by atoms with E-state index in [1.807, 2.05) is 27.7 Å². The fraction of sp³-hybridized carbons (Fsp3) is 0.857. The van der Waals surface area contributed by atoms with Crippen LogP contribution >= 0.6 is 0 Å². The van der Waals surface area contributed by atoms with E-state index in [-0.39, 0.29) is 25.9 Å². The van der Waals surface area contributed by atoms with Crippen molar-refractivity contribution in [1.82, 2.24) is 4.90 Å². The molecular weight excluding hydrogens is 301 g/mol. The van der Waals surface area contributed by atoms with Crippen molar-refractivity contribution >= 4 is 7.12 Å². The number of hydrogen-bond acceptors (Lipinski definition) is 3. The molecule has 0 amide bonds. The van der Waals surface area contributed by atoms with Gasteiger partial charge in [-0.2, -0.15) is 13.2 Å². The molecule has 0 atom stereocenters. The fourth-order valence-corrected chi connectivity index (χ4v) is 2.59. The van der Waals surface area contributed by atoms with Gasteiger partial charge >= 0.3 is 13.3 Å². The Morgan fingerprint density at radius 3 is 1.95 bits per heavy atom. The van der Waals surface area contributed by atoms with Crippen LogP contribution in [-0.2, 0) is 9.31 Å². The van der Waals surface area contributed by atoms with Crippen molar-refractivity contribution in [3.63, 3.8) is 0 Å². The van der Waals surface area contributed by atoms with Gasteiger partial charge in [0, 0.05) is 13.1 Å². The smallest absolute Gasteiger partial charge is 0.398 e. The van der Waals surface area contributed by atoms with Gasteiger partial charge in [0.1, 0.15) is 5.73 Å². The van der Waals surface area contributed by atoms with Gasteiger partial charge in [0.2, 0.25) is 0 Å². The van der Waals surface area contributed by atoms with Crippen LogP contribution in [0.2, 0.25) is 0 Å². The van der Waals surface area contributed by atoms with E-state index >= 15 is 0 Å². The Morgan fingerprint density at radius 2 is 1.55 bits per heavy atom. The number of nitrogens with zero attached hydrogens (tertiary/aromatic N) is 1. The van der Waals surface area contributed by atoms with Gasteiger partial charge in [-0.25, -0.2) is 4.39 Å². The van der Waals surface area contributed by atoms with Gasteiger partial charge in [-0.15, -0.1) is 0 Å². The van der Waals surface area contributed by atoms with Gasteiger partial charge in [0.25, 0.3) is 0 Å². The monoisotopic (exact) mass is 323 g/mol. The molecule has 2 fully saturated rings. The lowest BCUT2D eigenvalue weighted by Gasteiger charge is -2.32. The predicted octanol–water partition coefficient (Wildman–Crippen LogP) is 3.50. The molecule has 0 radical (unpaired) electrons. The Balaban J connectivity index is 1.99. The number of alkyl halides is 3. The van der Waals surface area contributed by atoms with Crippen LogP contribution in [0.5, 0.6) is 0 Å². The average Bonchev–Trinajstić information content (AvgIpc) is 2.56. The van der Waals surface area contributed by atoms with Crippen molar-refractivity contribution in [2.45, 2.75) is 57.9 Å². The molecule has 0 aromatic rings. The Kier molecular flexibility index (Phi) is 4.68. The van der Waals surface area contributed by atoms with Gasteiger partial charge in [0.15, 0.2) is 0 Å². The minimum absolute atomic E-state index is 0.196. The van der Waals surface area contributed by atoms with E-state index in [2.05, 4.69) is 0 Å². The molecule has 22 heavy (non-hydrogen) atoms. The Morgan fingerprint density at radius 1 is 1.09 bits per heavy atom. The highest BCUT2D eigenvalue weighted by molar-refractivity contribution is 6.53. The first-order chi connectivity index (χ1) is 9.91. The van der Waals surface area contributed by atoms with E-state index in [4.69, 9.17) is 9.31 Å². The van der Waals surface area contributed by atoms with Crippen molar-refractivity contribution in [3.8, 4) is 0 Å². The Hall–Kier alpha value is -0.595. The molecule has 3 nitrogen and oxygen atoms in total. The maximum absolute atomic E-state index is 14.5. The van der Waals surface area contributed by atoms with Gasteiger partial charge < -0.3 is 9.31 Å². The van der Waals surface area contributed by atoms with Crippen LogP contribution in [0.3, 0.4) is 0 Å². The summed E-state index contributed by atoms with van der Waals surface area (Å²) in [6.45, 7) is 6.77. The zero-order chi connectivity index (χ0) is 16.8. The average molecular weight is 323 g/mol. The molecule has 2 rings (SSSR count). The normalized spacial score (nSPS) is 25.6. The first-order valence-corrected chi connectivity index (χ1v) is 7.43. The first kappa shape index (κ1) is 17.8. The lowest BCUT2D eigenvalue weighted by atomic mass is 9.82. The molecule has 126 valence electrons. The van der Waals surface area contributed by atoms with Crippen LogP contribution in [0.15, 0.2) is 11.3 Å². The van der Waals surface area contributed by atoms with Crippen LogP contribution < -0.4 is 0 Å². The summed E-state index contributed by atoms with van der Waals surface area (Å²) >= 11 is 0.